The Bertz CT molecular complexity index is 179. The Hall–Kier alpha value is -0.610. The van der Waals surface area contributed by atoms with Gasteiger partial charge in [0.2, 0.25) is 5.91 Å². The van der Waals surface area contributed by atoms with Gasteiger partial charge in [-0.05, 0) is 25.8 Å². The predicted octanol–water partition coefficient (Wildman–Crippen LogP) is 0.363. The summed E-state index contributed by atoms with van der Waals surface area (Å²) in [6.45, 7) is 2.14. The topological polar surface area (TPSA) is 55.6 Å². The van der Waals surface area contributed by atoms with Crippen LogP contribution >= 0.6 is 0 Å². The summed E-state index contributed by atoms with van der Waals surface area (Å²) in [4.78, 5) is 13.5. The number of ether oxygens (including phenoxy) is 1. The van der Waals surface area contributed by atoms with Crippen LogP contribution in [0, 0.1) is 0 Å². The number of nitrogens with zero attached hydrogens (tertiary/aromatic N) is 1. The van der Waals surface area contributed by atoms with E-state index >= 15 is 0 Å². The summed E-state index contributed by atoms with van der Waals surface area (Å²) in [5.41, 5.74) is 5.36. The van der Waals surface area contributed by atoms with Crippen LogP contribution in [0.4, 0.5) is 0 Å². The predicted molar refractivity (Wildman–Crippen MR) is 54.9 cm³/mol. The van der Waals surface area contributed by atoms with Gasteiger partial charge in [0.1, 0.15) is 0 Å². The van der Waals surface area contributed by atoms with Gasteiger partial charge in [0.05, 0.1) is 0 Å². The molecule has 1 aliphatic rings. The van der Waals surface area contributed by atoms with Crippen molar-refractivity contribution in [3.8, 4) is 0 Å². The van der Waals surface area contributed by atoms with Crippen LogP contribution in [0.15, 0.2) is 0 Å². The van der Waals surface area contributed by atoms with Crippen LogP contribution in [0.2, 0.25) is 0 Å². The Kier molecular flexibility index (Phi) is 4.90. The van der Waals surface area contributed by atoms with Gasteiger partial charge >= 0.3 is 0 Å². The second-order valence-corrected chi connectivity index (χ2v) is 3.74. The highest BCUT2D eigenvalue weighted by molar-refractivity contribution is 5.76. The summed E-state index contributed by atoms with van der Waals surface area (Å²) in [5, 5.41) is 0. The molecule has 0 aromatic heterocycles. The van der Waals surface area contributed by atoms with Crippen molar-refractivity contribution in [2.24, 2.45) is 5.73 Å². The van der Waals surface area contributed by atoms with Gasteiger partial charge in [-0.2, -0.15) is 0 Å². The highest BCUT2D eigenvalue weighted by Crippen LogP contribution is 2.13. The zero-order valence-electron chi connectivity index (χ0n) is 8.87. The van der Waals surface area contributed by atoms with Crippen molar-refractivity contribution in [1.82, 2.24) is 4.90 Å². The number of carbonyl (C=O) groups is 1. The minimum atomic E-state index is 0.211. The van der Waals surface area contributed by atoms with Crippen molar-refractivity contribution in [2.75, 3.05) is 26.8 Å². The molecule has 0 unspecified atom stereocenters. The Morgan fingerprint density at radius 2 is 2.14 bits per heavy atom. The van der Waals surface area contributed by atoms with Crippen LogP contribution in [-0.4, -0.2) is 43.7 Å². The third-order valence-corrected chi connectivity index (χ3v) is 2.73. The third-order valence-electron chi connectivity index (χ3n) is 2.73. The average molecular weight is 200 g/mol. The molecular formula is C10H20N2O2. The number of carbonyl (C=O) groups excluding carboxylic acids is 1. The highest BCUT2D eigenvalue weighted by Gasteiger charge is 2.21. The largest absolute Gasteiger partial charge is 0.381 e. The molecule has 4 heteroatoms. The summed E-state index contributed by atoms with van der Waals surface area (Å²) in [6, 6.07) is 0.369. The summed E-state index contributed by atoms with van der Waals surface area (Å²) in [5.74, 6) is 0.211. The smallest absolute Gasteiger partial charge is 0.222 e. The van der Waals surface area contributed by atoms with Gasteiger partial charge in [0.15, 0.2) is 0 Å². The third kappa shape index (κ3) is 3.27. The molecule has 1 fully saturated rings. The standard InChI is InChI=1S/C10H20N2O2/c1-12(10(13)3-2-6-11)9-4-7-14-8-5-9/h9H,2-8,11H2,1H3. The second-order valence-electron chi connectivity index (χ2n) is 3.74. The molecular weight excluding hydrogens is 180 g/mol. The van der Waals surface area contributed by atoms with E-state index < -0.39 is 0 Å². The first-order valence-corrected chi connectivity index (χ1v) is 5.29. The average Bonchev–Trinajstić information content (AvgIpc) is 2.26. The molecule has 0 saturated carbocycles. The van der Waals surface area contributed by atoms with Crippen LogP contribution in [0.25, 0.3) is 0 Å². The normalized spacial score (nSPS) is 18.1. The molecule has 1 amide bonds. The molecule has 1 rings (SSSR count). The van der Waals surface area contributed by atoms with Gasteiger partial charge in [-0.1, -0.05) is 0 Å². The summed E-state index contributed by atoms with van der Waals surface area (Å²) in [6.07, 6.45) is 3.28. The maximum Gasteiger partial charge on any atom is 0.222 e. The first-order chi connectivity index (χ1) is 6.75. The van der Waals surface area contributed by atoms with Gasteiger partial charge in [0.25, 0.3) is 0 Å². The van der Waals surface area contributed by atoms with Crippen molar-refractivity contribution >= 4 is 5.91 Å². The minimum Gasteiger partial charge on any atom is -0.381 e. The zero-order chi connectivity index (χ0) is 10.4. The fourth-order valence-corrected chi connectivity index (χ4v) is 1.71. The van der Waals surface area contributed by atoms with Crippen molar-refractivity contribution < 1.29 is 9.53 Å². The van der Waals surface area contributed by atoms with E-state index in [9.17, 15) is 4.79 Å². The van der Waals surface area contributed by atoms with Crippen LogP contribution in [0.1, 0.15) is 25.7 Å². The van der Waals surface area contributed by atoms with Crippen molar-refractivity contribution in [3.63, 3.8) is 0 Å². The lowest BCUT2D eigenvalue weighted by atomic mass is 10.1. The number of rotatable bonds is 4. The molecule has 4 nitrogen and oxygen atoms in total. The molecule has 14 heavy (non-hydrogen) atoms. The van der Waals surface area contributed by atoms with Gasteiger partial charge < -0.3 is 15.4 Å². The van der Waals surface area contributed by atoms with E-state index in [1.807, 2.05) is 11.9 Å². The second kappa shape index (κ2) is 5.98. The first-order valence-electron chi connectivity index (χ1n) is 5.29. The van der Waals surface area contributed by atoms with E-state index in [0.29, 0.717) is 19.0 Å². The lowest BCUT2D eigenvalue weighted by Gasteiger charge is -2.31. The fraction of sp³-hybridized carbons (Fsp3) is 0.900. The molecule has 0 radical (unpaired) electrons. The van der Waals surface area contributed by atoms with Crippen LogP contribution < -0.4 is 5.73 Å². The molecule has 0 spiro atoms. The first kappa shape index (κ1) is 11.5. The van der Waals surface area contributed by atoms with Gasteiger partial charge in [0, 0.05) is 32.7 Å². The highest BCUT2D eigenvalue weighted by atomic mass is 16.5. The molecule has 82 valence electrons. The maximum atomic E-state index is 11.6. The Morgan fingerprint density at radius 3 is 2.71 bits per heavy atom. The number of nitrogens with two attached hydrogens (primary N) is 1. The molecule has 0 atom stereocenters. The van der Waals surface area contributed by atoms with Crippen LogP contribution in [-0.2, 0) is 9.53 Å². The Morgan fingerprint density at radius 1 is 1.50 bits per heavy atom. The van der Waals surface area contributed by atoms with E-state index in [-0.39, 0.29) is 5.91 Å². The lowest BCUT2D eigenvalue weighted by molar-refractivity contribution is -0.133. The monoisotopic (exact) mass is 200 g/mol. The quantitative estimate of drug-likeness (QED) is 0.713. The molecule has 0 aliphatic carbocycles. The van der Waals surface area contributed by atoms with E-state index in [1.54, 1.807) is 0 Å². The molecule has 0 aromatic rings. The number of hydrogen-bond acceptors (Lipinski definition) is 3. The molecule has 1 saturated heterocycles. The number of hydrogen-bond donors (Lipinski definition) is 1. The Balaban J connectivity index is 2.30. The van der Waals surface area contributed by atoms with E-state index in [2.05, 4.69) is 0 Å². The van der Waals surface area contributed by atoms with Crippen LogP contribution in [0.3, 0.4) is 0 Å². The van der Waals surface area contributed by atoms with E-state index in [4.69, 9.17) is 10.5 Å². The molecule has 2 N–H and O–H groups in total. The maximum absolute atomic E-state index is 11.6. The SMILES string of the molecule is CN(C(=O)CCCN)C1CCOCC1. The summed E-state index contributed by atoms with van der Waals surface area (Å²) in [7, 11) is 1.88. The molecule has 0 aromatic carbocycles. The van der Waals surface area contributed by atoms with Gasteiger partial charge in [-0.25, -0.2) is 0 Å². The van der Waals surface area contributed by atoms with Crippen molar-refractivity contribution in [1.29, 1.82) is 0 Å². The fourth-order valence-electron chi connectivity index (χ4n) is 1.71. The molecule has 1 aliphatic heterocycles. The summed E-state index contributed by atoms with van der Waals surface area (Å²) < 4.78 is 5.25. The van der Waals surface area contributed by atoms with Crippen molar-refractivity contribution in [2.45, 2.75) is 31.7 Å². The number of amides is 1. The lowest BCUT2D eigenvalue weighted by Crippen LogP contribution is -2.40. The van der Waals surface area contributed by atoms with Crippen molar-refractivity contribution in [3.05, 3.63) is 0 Å². The Labute approximate surface area is 85.4 Å². The van der Waals surface area contributed by atoms with Crippen LogP contribution in [0.5, 0.6) is 0 Å². The zero-order valence-corrected chi connectivity index (χ0v) is 8.87. The van der Waals surface area contributed by atoms with Gasteiger partial charge in [-0.3, -0.25) is 4.79 Å². The summed E-state index contributed by atoms with van der Waals surface area (Å²) >= 11 is 0. The van der Waals surface area contributed by atoms with E-state index in [1.165, 1.54) is 0 Å². The minimum absolute atomic E-state index is 0.211. The molecule has 1 heterocycles. The molecule has 0 bridgehead atoms. The van der Waals surface area contributed by atoms with E-state index in [0.717, 1.165) is 32.5 Å². The van der Waals surface area contributed by atoms with Gasteiger partial charge in [-0.15, -0.1) is 0 Å².